The van der Waals surface area contributed by atoms with Crippen LogP contribution in [0.3, 0.4) is 0 Å². The summed E-state index contributed by atoms with van der Waals surface area (Å²) >= 11 is 0. The van der Waals surface area contributed by atoms with Gasteiger partial charge in [0.2, 0.25) is 5.78 Å². The number of hydrogen-bond acceptors (Lipinski definition) is 3. The number of aromatic amines is 1. The third-order valence-electron chi connectivity index (χ3n) is 4.75. The Balaban J connectivity index is 1.47. The summed E-state index contributed by atoms with van der Waals surface area (Å²) in [5, 5.41) is 2.95. The molecule has 1 aromatic heterocycles. The first-order valence-corrected chi connectivity index (χ1v) is 8.86. The molecule has 1 N–H and O–H groups in total. The predicted octanol–water partition coefficient (Wildman–Crippen LogP) is 4.60. The van der Waals surface area contributed by atoms with Crippen molar-refractivity contribution in [3.8, 4) is 0 Å². The van der Waals surface area contributed by atoms with Crippen molar-refractivity contribution in [2.24, 2.45) is 0 Å². The second-order valence-corrected chi connectivity index (χ2v) is 6.57. The molecule has 1 heterocycles. The summed E-state index contributed by atoms with van der Waals surface area (Å²) in [5.74, 6) is -0.603. The maximum absolute atomic E-state index is 12.6. The molecule has 4 aromatic rings. The first-order valence-electron chi connectivity index (χ1n) is 8.86. The molecular weight excluding hydrogens is 338 g/mol. The van der Waals surface area contributed by atoms with Crippen molar-refractivity contribution in [1.82, 2.24) is 4.98 Å². The van der Waals surface area contributed by atoms with Gasteiger partial charge in [-0.3, -0.25) is 9.59 Å². The Morgan fingerprint density at radius 1 is 0.889 bits per heavy atom. The Morgan fingerprint density at radius 3 is 2.44 bits per heavy atom. The number of nitrogens with one attached hydrogen (secondary N) is 1. The summed E-state index contributed by atoms with van der Waals surface area (Å²) in [6, 6.07) is 21.4. The summed E-state index contributed by atoms with van der Waals surface area (Å²) in [4.78, 5) is 28.1. The van der Waals surface area contributed by atoms with Gasteiger partial charge in [-0.1, -0.05) is 60.7 Å². The molecule has 3 aromatic carbocycles. The molecule has 0 saturated heterocycles. The van der Waals surface area contributed by atoms with Crippen LogP contribution in [0.5, 0.6) is 0 Å². The maximum Gasteiger partial charge on any atom is 0.310 e. The maximum atomic E-state index is 12.6. The largest absolute Gasteiger partial charge is 0.457 e. The van der Waals surface area contributed by atoms with E-state index in [-0.39, 0.29) is 18.8 Å². The van der Waals surface area contributed by atoms with Gasteiger partial charge >= 0.3 is 5.97 Å². The minimum atomic E-state index is -0.405. The summed E-state index contributed by atoms with van der Waals surface area (Å²) in [7, 11) is 0. The molecule has 0 aliphatic rings. The van der Waals surface area contributed by atoms with Gasteiger partial charge in [-0.2, -0.15) is 0 Å². The van der Waals surface area contributed by atoms with E-state index in [4.69, 9.17) is 4.74 Å². The lowest BCUT2D eigenvalue weighted by atomic mass is 10.0. The molecule has 0 amide bonds. The number of aromatic nitrogens is 1. The summed E-state index contributed by atoms with van der Waals surface area (Å²) < 4.78 is 5.28. The Hall–Kier alpha value is -3.40. The average Bonchev–Trinajstić information content (AvgIpc) is 3.02. The minimum absolute atomic E-state index is 0.140. The van der Waals surface area contributed by atoms with Crippen molar-refractivity contribution in [2.75, 3.05) is 6.61 Å². The van der Waals surface area contributed by atoms with Crippen LogP contribution in [-0.2, 0) is 16.0 Å². The molecule has 0 radical (unpaired) electrons. The molecule has 0 saturated carbocycles. The van der Waals surface area contributed by atoms with Crippen LogP contribution in [0.4, 0.5) is 0 Å². The van der Waals surface area contributed by atoms with Crippen LogP contribution in [0, 0.1) is 6.92 Å². The summed E-state index contributed by atoms with van der Waals surface area (Å²) in [6.45, 7) is 1.59. The molecule has 134 valence electrons. The Labute approximate surface area is 156 Å². The smallest absolute Gasteiger partial charge is 0.310 e. The van der Waals surface area contributed by atoms with Crippen LogP contribution in [0.25, 0.3) is 21.7 Å². The van der Waals surface area contributed by atoms with E-state index in [0.29, 0.717) is 5.56 Å². The van der Waals surface area contributed by atoms with E-state index in [0.717, 1.165) is 32.9 Å². The Morgan fingerprint density at radius 2 is 1.59 bits per heavy atom. The minimum Gasteiger partial charge on any atom is -0.457 e. The van der Waals surface area contributed by atoms with Crippen molar-refractivity contribution in [2.45, 2.75) is 13.3 Å². The molecule has 0 aliphatic carbocycles. The highest BCUT2D eigenvalue weighted by Gasteiger charge is 2.18. The molecule has 0 aliphatic heterocycles. The normalized spacial score (nSPS) is 11.0. The van der Waals surface area contributed by atoms with Gasteiger partial charge in [0.05, 0.1) is 6.42 Å². The second-order valence-electron chi connectivity index (χ2n) is 6.57. The van der Waals surface area contributed by atoms with Gasteiger partial charge in [-0.15, -0.1) is 0 Å². The fraction of sp³-hybridized carbons (Fsp3) is 0.130. The summed E-state index contributed by atoms with van der Waals surface area (Å²) in [6.07, 6.45) is 0.140. The third-order valence-corrected chi connectivity index (χ3v) is 4.75. The lowest BCUT2D eigenvalue weighted by Crippen LogP contribution is -2.16. The van der Waals surface area contributed by atoms with E-state index in [2.05, 4.69) is 4.98 Å². The Kier molecular flexibility index (Phi) is 4.47. The van der Waals surface area contributed by atoms with Gasteiger partial charge in [0.25, 0.3) is 0 Å². The number of aryl methyl sites for hydroxylation is 1. The number of hydrogen-bond donors (Lipinski definition) is 1. The molecule has 0 bridgehead atoms. The number of para-hydroxylation sites is 1. The molecule has 0 unspecified atom stereocenters. The topological polar surface area (TPSA) is 59.2 Å². The van der Waals surface area contributed by atoms with Gasteiger partial charge in [0.15, 0.2) is 6.61 Å². The van der Waals surface area contributed by atoms with Gasteiger partial charge in [0, 0.05) is 22.2 Å². The van der Waals surface area contributed by atoms with Crippen LogP contribution < -0.4 is 0 Å². The molecule has 0 atom stereocenters. The molecule has 0 spiro atoms. The van der Waals surface area contributed by atoms with Crippen molar-refractivity contribution < 1.29 is 14.3 Å². The van der Waals surface area contributed by atoms with Crippen molar-refractivity contribution in [1.29, 1.82) is 0 Å². The standard InChI is InChI=1S/C23H19NO3/c1-15-23(19-11-4-5-12-20(19)24-15)21(25)14-27-22(26)13-17-9-6-8-16-7-2-3-10-18(16)17/h2-12,24H,13-14H2,1H3. The Bertz CT molecular complexity index is 1150. The van der Waals surface area contributed by atoms with Gasteiger partial charge in [-0.25, -0.2) is 0 Å². The number of H-pyrrole nitrogens is 1. The monoisotopic (exact) mass is 357 g/mol. The lowest BCUT2D eigenvalue weighted by Gasteiger charge is -2.07. The van der Waals surface area contributed by atoms with E-state index >= 15 is 0 Å². The van der Waals surface area contributed by atoms with Gasteiger partial charge < -0.3 is 9.72 Å². The van der Waals surface area contributed by atoms with Crippen molar-refractivity contribution >= 4 is 33.4 Å². The number of ketones is 1. The first-order chi connectivity index (χ1) is 13.1. The number of ether oxygens (including phenoxy) is 1. The van der Waals surface area contributed by atoms with Gasteiger partial charge in [0.1, 0.15) is 0 Å². The van der Waals surface area contributed by atoms with Crippen LogP contribution in [-0.4, -0.2) is 23.3 Å². The zero-order valence-corrected chi connectivity index (χ0v) is 15.0. The fourth-order valence-electron chi connectivity index (χ4n) is 3.51. The van der Waals surface area contributed by atoms with E-state index < -0.39 is 5.97 Å². The fourth-order valence-corrected chi connectivity index (χ4v) is 3.51. The molecule has 4 nitrogen and oxygen atoms in total. The highest BCUT2D eigenvalue weighted by atomic mass is 16.5. The highest BCUT2D eigenvalue weighted by Crippen LogP contribution is 2.23. The van der Waals surface area contributed by atoms with Crippen LogP contribution >= 0.6 is 0 Å². The first kappa shape index (κ1) is 17.0. The van der Waals surface area contributed by atoms with E-state index in [1.54, 1.807) is 0 Å². The number of rotatable bonds is 5. The SMILES string of the molecule is Cc1[nH]c2ccccc2c1C(=O)COC(=O)Cc1cccc2ccccc12. The van der Waals surface area contributed by atoms with Gasteiger partial charge in [-0.05, 0) is 29.3 Å². The zero-order chi connectivity index (χ0) is 18.8. The third kappa shape index (κ3) is 3.34. The lowest BCUT2D eigenvalue weighted by molar-refractivity contribution is -0.141. The quantitative estimate of drug-likeness (QED) is 0.419. The molecule has 27 heavy (non-hydrogen) atoms. The van der Waals surface area contributed by atoms with E-state index in [9.17, 15) is 9.59 Å². The zero-order valence-electron chi connectivity index (χ0n) is 15.0. The molecule has 4 rings (SSSR count). The van der Waals surface area contributed by atoms with E-state index in [1.807, 2.05) is 73.7 Å². The summed E-state index contributed by atoms with van der Waals surface area (Å²) in [5.41, 5.74) is 3.17. The van der Waals surface area contributed by atoms with Crippen molar-refractivity contribution in [3.05, 3.63) is 83.6 Å². The highest BCUT2D eigenvalue weighted by molar-refractivity contribution is 6.10. The average molecular weight is 357 g/mol. The van der Waals surface area contributed by atoms with E-state index in [1.165, 1.54) is 0 Å². The number of carbonyl (C=O) groups excluding carboxylic acids is 2. The van der Waals surface area contributed by atoms with Crippen LogP contribution in [0.1, 0.15) is 21.6 Å². The molecular formula is C23H19NO3. The van der Waals surface area contributed by atoms with Crippen LogP contribution in [0.15, 0.2) is 66.7 Å². The number of benzene rings is 3. The number of fused-ring (bicyclic) bond motifs is 2. The predicted molar refractivity (Wildman–Crippen MR) is 106 cm³/mol. The second kappa shape index (κ2) is 7.08. The molecule has 0 fully saturated rings. The number of carbonyl (C=O) groups is 2. The van der Waals surface area contributed by atoms with Crippen molar-refractivity contribution in [3.63, 3.8) is 0 Å². The number of Topliss-reactive ketones (excluding diaryl/α,β-unsaturated/α-hetero) is 1. The van der Waals surface area contributed by atoms with Crippen LogP contribution in [0.2, 0.25) is 0 Å². The number of esters is 1. The molecule has 4 heteroatoms.